The molecule has 31 heavy (non-hydrogen) atoms. The van der Waals surface area contributed by atoms with Gasteiger partial charge in [0.25, 0.3) is 5.91 Å². The Kier molecular flexibility index (Phi) is 7.12. The first-order valence-electron chi connectivity index (χ1n) is 10.3. The number of fused-ring (bicyclic) bond motifs is 1. The first-order chi connectivity index (χ1) is 15.0. The minimum atomic E-state index is -0.990. The van der Waals surface area contributed by atoms with Gasteiger partial charge in [0.2, 0.25) is 0 Å². The molecule has 0 saturated heterocycles. The highest BCUT2D eigenvalue weighted by Gasteiger charge is 2.20. The number of methoxy groups -OCH3 is 1. The average molecular weight is 425 g/mol. The number of hydrogen-bond donors (Lipinski definition) is 1. The van der Waals surface area contributed by atoms with E-state index in [0.29, 0.717) is 18.0 Å². The third-order valence-electron chi connectivity index (χ3n) is 4.95. The number of aromatic nitrogens is 2. The molecule has 0 fully saturated rings. The van der Waals surface area contributed by atoms with Gasteiger partial charge in [-0.25, -0.2) is 4.79 Å². The Hall–Kier alpha value is -3.55. The number of nitrogens with one attached hydrogen (secondary N) is 1. The van der Waals surface area contributed by atoms with Crippen LogP contribution in [0.15, 0.2) is 53.3 Å². The Morgan fingerprint density at radius 2 is 1.61 bits per heavy atom. The zero-order valence-electron chi connectivity index (χ0n) is 18.0. The van der Waals surface area contributed by atoms with Gasteiger partial charge in [-0.15, -0.1) is 0 Å². The summed E-state index contributed by atoms with van der Waals surface area (Å²) in [5.74, 6) is -0.506. The molecular formula is C23H27N3O5. The number of carbonyl (C=O) groups excluding carboxylic acids is 2. The van der Waals surface area contributed by atoms with Crippen molar-refractivity contribution in [3.05, 3.63) is 59.0 Å². The summed E-state index contributed by atoms with van der Waals surface area (Å²) in [7, 11) is 1.51. The zero-order chi connectivity index (χ0) is 22.4. The van der Waals surface area contributed by atoms with E-state index in [1.165, 1.54) is 14.0 Å². The molecule has 0 aliphatic rings. The standard InChI is InChI=1S/C23H27N3O5/c1-4-14-25-18-10-6-7-11-19(18)26(23(25)29)15-13-21(27)31-16(2)22(28)24-17-9-5-8-12-20(17)30-3/h5-12,16H,4,13-15H2,1-3H3,(H,24,28)/t16-/m0/s1. The summed E-state index contributed by atoms with van der Waals surface area (Å²) in [5, 5.41) is 2.69. The highest BCUT2D eigenvalue weighted by atomic mass is 16.5. The molecule has 164 valence electrons. The number of anilines is 1. The lowest BCUT2D eigenvalue weighted by atomic mass is 10.2. The molecule has 8 heteroatoms. The van der Waals surface area contributed by atoms with Crippen molar-refractivity contribution in [2.75, 3.05) is 12.4 Å². The quantitative estimate of drug-likeness (QED) is 0.532. The summed E-state index contributed by atoms with van der Waals surface area (Å²) in [6.07, 6.45) is -0.184. The molecule has 3 rings (SSSR count). The molecule has 3 aromatic rings. The molecule has 1 amide bonds. The third kappa shape index (κ3) is 4.96. The van der Waals surface area contributed by atoms with E-state index < -0.39 is 18.0 Å². The van der Waals surface area contributed by atoms with Crippen molar-refractivity contribution >= 4 is 28.6 Å². The SMILES string of the molecule is CCCn1c(=O)n(CCC(=O)O[C@@H](C)C(=O)Nc2ccccc2OC)c2ccccc21. The Labute approximate surface area is 180 Å². The van der Waals surface area contributed by atoms with Crippen LogP contribution in [0, 0.1) is 0 Å². The van der Waals surface area contributed by atoms with Gasteiger partial charge in [0, 0.05) is 13.1 Å². The van der Waals surface area contributed by atoms with Crippen molar-refractivity contribution in [1.82, 2.24) is 9.13 Å². The van der Waals surface area contributed by atoms with E-state index >= 15 is 0 Å². The van der Waals surface area contributed by atoms with E-state index in [1.807, 2.05) is 31.2 Å². The number of benzene rings is 2. The minimum absolute atomic E-state index is 0.0215. The zero-order valence-corrected chi connectivity index (χ0v) is 18.0. The van der Waals surface area contributed by atoms with Crippen LogP contribution in [-0.2, 0) is 27.4 Å². The van der Waals surface area contributed by atoms with Gasteiger partial charge < -0.3 is 14.8 Å². The van der Waals surface area contributed by atoms with Crippen LogP contribution in [0.4, 0.5) is 5.69 Å². The lowest BCUT2D eigenvalue weighted by molar-refractivity contribution is -0.153. The predicted molar refractivity (Wildman–Crippen MR) is 118 cm³/mol. The lowest BCUT2D eigenvalue weighted by Crippen LogP contribution is -2.31. The second-order valence-corrected chi connectivity index (χ2v) is 7.15. The fraction of sp³-hybridized carbons (Fsp3) is 0.348. The lowest BCUT2D eigenvalue weighted by Gasteiger charge is -2.15. The Morgan fingerprint density at radius 1 is 1.00 bits per heavy atom. The summed E-state index contributed by atoms with van der Waals surface area (Å²) >= 11 is 0. The van der Waals surface area contributed by atoms with Gasteiger partial charge in [-0.3, -0.25) is 18.7 Å². The van der Waals surface area contributed by atoms with E-state index in [-0.39, 0.29) is 18.7 Å². The first kappa shape index (κ1) is 22.1. The molecule has 1 N–H and O–H groups in total. The molecular weight excluding hydrogens is 398 g/mol. The third-order valence-corrected chi connectivity index (χ3v) is 4.95. The van der Waals surface area contributed by atoms with Gasteiger partial charge in [0.15, 0.2) is 6.10 Å². The number of rotatable bonds is 9. The highest BCUT2D eigenvalue weighted by molar-refractivity contribution is 5.96. The number of aryl methyl sites for hydroxylation is 2. The average Bonchev–Trinajstić information content (AvgIpc) is 3.04. The number of amides is 1. The molecule has 1 aromatic heterocycles. The van der Waals surface area contributed by atoms with Crippen LogP contribution < -0.4 is 15.7 Å². The Balaban J connectivity index is 1.63. The molecule has 0 radical (unpaired) electrons. The smallest absolute Gasteiger partial charge is 0.329 e. The van der Waals surface area contributed by atoms with E-state index in [2.05, 4.69) is 5.32 Å². The molecule has 0 aliphatic heterocycles. The minimum Gasteiger partial charge on any atom is -0.495 e. The van der Waals surface area contributed by atoms with Crippen molar-refractivity contribution in [2.45, 2.75) is 45.9 Å². The van der Waals surface area contributed by atoms with Crippen LogP contribution in [0.3, 0.4) is 0 Å². The number of carbonyl (C=O) groups is 2. The molecule has 0 aliphatic carbocycles. The summed E-state index contributed by atoms with van der Waals surface area (Å²) in [4.78, 5) is 37.5. The second-order valence-electron chi connectivity index (χ2n) is 7.15. The fourth-order valence-corrected chi connectivity index (χ4v) is 3.42. The molecule has 1 atom stereocenters. The van der Waals surface area contributed by atoms with Crippen LogP contribution in [0.1, 0.15) is 26.7 Å². The van der Waals surface area contributed by atoms with E-state index in [0.717, 1.165) is 17.5 Å². The molecule has 0 bridgehead atoms. The molecule has 1 heterocycles. The Bertz CT molecular complexity index is 1130. The van der Waals surface area contributed by atoms with Crippen LogP contribution in [0.2, 0.25) is 0 Å². The molecule has 8 nitrogen and oxygen atoms in total. The number of nitrogens with zero attached hydrogens (tertiary/aromatic N) is 2. The van der Waals surface area contributed by atoms with Gasteiger partial charge >= 0.3 is 11.7 Å². The van der Waals surface area contributed by atoms with Crippen LogP contribution >= 0.6 is 0 Å². The largest absolute Gasteiger partial charge is 0.495 e. The maximum absolute atomic E-state index is 12.8. The van der Waals surface area contributed by atoms with E-state index in [9.17, 15) is 14.4 Å². The van der Waals surface area contributed by atoms with Crippen molar-refractivity contribution < 1.29 is 19.1 Å². The summed E-state index contributed by atoms with van der Waals surface area (Å²) in [6, 6.07) is 14.5. The molecule has 0 saturated carbocycles. The molecule has 0 unspecified atom stereocenters. The molecule has 0 spiro atoms. The van der Waals surface area contributed by atoms with Crippen molar-refractivity contribution in [2.24, 2.45) is 0 Å². The molecule has 2 aromatic carbocycles. The highest BCUT2D eigenvalue weighted by Crippen LogP contribution is 2.23. The Morgan fingerprint density at radius 3 is 2.26 bits per heavy atom. The second kappa shape index (κ2) is 9.97. The fourth-order valence-electron chi connectivity index (χ4n) is 3.42. The number of ether oxygens (including phenoxy) is 2. The summed E-state index contributed by atoms with van der Waals surface area (Å²) < 4.78 is 13.8. The van der Waals surface area contributed by atoms with Crippen LogP contribution in [0.25, 0.3) is 11.0 Å². The number of hydrogen-bond acceptors (Lipinski definition) is 5. The van der Waals surface area contributed by atoms with Gasteiger partial charge in [-0.05, 0) is 37.6 Å². The summed E-state index contributed by atoms with van der Waals surface area (Å²) in [6.45, 7) is 4.29. The topological polar surface area (TPSA) is 91.6 Å². The first-order valence-corrected chi connectivity index (χ1v) is 10.3. The van der Waals surface area contributed by atoms with Gasteiger partial charge in [-0.1, -0.05) is 31.2 Å². The van der Waals surface area contributed by atoms with Crippen molar-refractivity contribution in [1.29, 1.82) is 0 Å². The van der Waals surface area contributed by atoms with Crippen LogP contribution in [-0.4, -0.2) is 34.2 Å². The van der Waals surface area contributed by atoms with Crippen LogP contribution in [0.5, 0.6) is 5.75 Å². The van der Waals surface area contributed by atoms with E-state index in [1.54, 1.807) is 33.4 Å². The van der Waals surface area contributed by atoms with Gasteiger partial charge in [-0.2, -0.15) is 0 Å². The number of esters is 1. The normalized spacial score (nSPS) is 11.8. The number of para-hydroxylation sites is 4. The van der Waals surface area contributed by atoms with Gasteiger partial charge in [0.1, 0.15) is 5.75 Å². The maximum Gasteiger partial charge on any atom is 0.329 e. The van der Waals surface area contributed by atoms with Gasteiger partial charge in [0.05, 0.1) is 30.3 Å². The monoisotopic (exact) mass is 425 g/mol. The number of imidazole rings is 1. The van der Waals surface area contributed by atoms with E-state index in [4.69, 9.17) is 9.47 Å². The van der Waals surface area contributed by atoms with Crippen molar-refractivity contribution in [3.8, 4) is 5.75 Å². The van der Waals surface area contributed by atoms with Crippen molar-refractivity contribution in [3.63, 3.8) is 0 Å². The maximum atomic E-state index is 12.8. The predicted octanol–water partition coefficient (Wildman–Crippen LogP) is 3.18. The summed E-state index contributed by atoms with van der Waals surface area (Å²) in [5.41, 5.74) is 1.95.